The van der Waals surface area contributed by atoms with Crippen LogP contribution in [-0.4, -0.2) is 58.0 Å². The van der Waals surface area contributed by atoms with E-state index in [0.29, 0.717) is 25.1 Å². The molecule has 9 nitrogen and oxygen atoms in total. The van der Waals surface area contributed by atoms with E-state index >= 15 is 0 Å². The van der Waals surface area contributed by atoms with Crippen molar-refractivity contribution >= 4 is 21.4 Å². The normalized spacial score (nSPS) is 19.4. The van der Waals surface area contributed by atoms with Crippen molar-refractivity contribution in [2.24, 2.45) is 0 Å². The number of carbonyl (C=O) groups excluding carboxylic acids is 1. The fourth-order valence-electron chi connectivity index (χ4n) is 3.10. The lowest BCUT2D eigenvalue weighted by Gasteiger charge is -2.28. The Hall–Kier alpha value is -1.97. The number of amides is 1. The second kappa shape index (κ2) is 6.88. The molecule has 10 heteroatoms. The van der Waals surface area contributed by atoms with Crippen LogP contribution in [0.1, 0.15) is 31.2 Å². The molecule has 1 aromatic heterocycles. The predicted molar refractivity (Wildman–Crippen MR) is 87.4 cm³/mol. The Labute approximate surface area is 140 Å². The average Bonchev–Trinajstić information content (AvgIpc) is 2.95. The summed E-state index contributed by atoms with van der Waals surface area (Å²) in [6.07, 6.45) is 1.14. The first-order chi connectivity index (χ1) is 11.2. The average molecular weight is 358 g/mol. The number of carbonyl (C=O) groups is 1. The third kappa shape index (κ3) is 3.74. The molecule has 1 aliphatic rings. The van der Waals surface area contributed by atoms with E-state index in [4.69, 9.17) is 0 Å². The van der Waals surface area contributed by atoms with Gasteiger partial charge in [-0.25, -0.2) is 8.42 Å². The van der Waals surface area contributed by atoms with Crippen LogP contribution in [0.5, 0.6) is 0 Å². The molecule has 0 bridgehead atoms. The zero-order chi connectivity index (χ0) is 18.1. The van der Waals surface area contributed by atoms with Crippen LogP contribution in [0.15, 0.2) is 0 Å². The quantitative estimate of drug-likeness (QED) is 0.549. The molecular formula is C14H22N4O5S. The zero-order valence-electron chi connectivity index (χ0n) is 14.1. The van der Waals surface area contributed by atoms with Crippen molar-refractivity contribution in [3.63, 3.8) is 0 Å². The van der Waals surface area contributed by atoms with Crippen LogP contribution in [0.4, 0.5) is 5.69 Å². The van der Waals surface area contributed by atoms with Crippen LogP contribution < -0.4 is 0 Å². The molecule has 1 amide bonds. The van der Waals surface area contributed by atoms with Gasteiger partial charge >= 0.3 is 5.69 Å². The molecule has 1 atom stereocenters. The molecule has 1 fully saturated rings. The molecule has 0 spiro atoms. The standard InChI is InChI=1S/C14H22N4O5S/c1-4-6-16(12-5-7-24(22,23)9-12)13(19)8-17-11(3)14(18(20)21)10(2)15-17/h12H,4-9H2,1-3H3/t12-/m1/s1. The van der Waals surface area contributed by atoms with Crippen molar-refractivity contribution in [1.29, 1.82) is 0 Å². The van der Waals surface area contributed by atoms with Crippen LogP contribution >= 0.6 is 0 Å². The molecule has 0 aromatic carbocycles. The maximum atomic E-state index is 12.6. The summed E-state index contributed by atoms with van der Waals surface area (Å²) in [5.74, 6) is -0.188. The van der Waals surface area contributed by atoms with Crippen LogP contribution in [0.25, 0.3) is 0 Å². The second-order valence-corrected chi connectivity index (χ2v) is 8.31. The third-order valence-corrected chi connectivity index (χ3v) is 6.00. The van der Waals surface area contributed by atoms with Crippen LogP contribution in [0.3, 0.4) is 0 Å². The minimum absolute atomic E-state index is 0.0179. The molecule has 0 unspecified atom stereocenters. The fraction of sp³-hybridized carbons (Fsp3) is 0.714. The molecule has 1 aliphatic heterocycles. The molecule has 2 rings (SSSR count). The number of rotatable bonds is 6. The van der Waals surface area contributed by atoms with E-state index in [-0.39, 0.29) is 41.4 Å². The van der Waals surface area contributed by atoms with Gasteiger partial charge in [0.25, 0.3) is 0 Å². The van der Waals surface area contributed by atoms with E-state index in [9.17, 15) is 23.3 Å². The van der Waals surface area contributed by atoms with E-state index in [0.717, 1.165) is 0 Å². The minimum atomic E-state index is -3.09. The van der Waals surface area contributed by atoms with Gasteiger partial charge in [0.05, 0.1) is 16.4 Å². The zero-order valence-corrected chi connectivity index (χ0v) is 14.9. The van der Waals surface area contributed by atoms with E-state index in [1.807, 2.05) is 6.92 Å². The first kappa shape index (κ1) is 18.4. The van der Waals surface area contributed by atoms with Crippen molar-refractivity contribution in [3.05, 3.63) is 21.5 Å². The molecule has 0 N–H and O–H groups in total. The highest BCUT2D eigenvalue weighted by Gasteiger charge is 2.34. The molecule has 2 heterocycles. The van der Waals surface area contributed by atoms with Gasteiger partial charge in [0.1, 0.15) is 17.9 Å². The molecule has 1 aromatic rings. The molecule has 24 heavy (non-hydrogen) atoms. The molecule has 1 saturated heterocycles. The van der Waals surface area contributed by atoms with Gasteiger partial charge in [0.15, 0.2) is 9.84 Å². The summed E-state index contributed by atoms with van der Waals surface area (Å²) in [4.78, 5) is 24.8. The number of sulfone groups is 1. The molecular weight excluding hydrogens is 336 g/mol. The Morgan fingerprint density at radius 2 is 2.12 bits per heavy atom. The van der Waals surface area contributed by atoms with E-state index in [2.05, 4.69) is 5.10 Å². The highest BCUT2D eigenvalue weighted by Crippen LogP contribution is 2.23. The maximum absolute atomic E-state index is 12.6. The Morgan fingerprint density at radius 1 is 1.46 bits per heavy atom. The number of hydrogen-bond donors (Lipinski definition) is 0. The third-order valence-electron chi connectivity index (χ3n) is 4.24. The number of nitrogens with zero attached hydrogens (tertiary/aromatic N) is 4. The fourth-order valence-corrected chi connectivity index (χ4v) is 4.83. The lowest BCUT2D eigenvalue weighted by Crippen LogP contribution is -2.43. The summed E-state index contributed by atoms with van der Waals surface area (Å²) in [5.41, 5.74) is 0.491. The minimum Gasteiger partial charge on any atom is -0.337 e. The summed E-state index contributed by atoms with van der Waals surface area (Å²) in [7, 11) is -3.09. The Bertz CT molecular complexity index is 755. The van der Waals surface area contributed by atoms with Gasteiger partial charge in [0.2, 0.25) is 5.91 Å². The maximum Gasteiger partial charge on any atom is 0.312 e. The first-order valence-corrected chi connectivity index (χ1v) is 9.66. The van der Waals surface area contributed by atoms with Crippen molar-refractivity contribution in [3.8, 4) is 0 Å². The van der Waals surface area contributed by atoms with Gasteiger partial charge < -0.3 is 4.90 Å². The van der Waals surface area contributed by atoms with Crippen molar-refractivity contribution < 1.29 is 18.1 Å². The van der Waals surface area contributed by atoms with Gasteiger partial charge in [-0.05, 0) is 26.7 Å². The second-order valence-electron chi connectivity index (χ2n) is 6.08. The van der Waals surface area contributed by atoms with Gasteiger partial charge in [-0.15, -0.1) is 0 Å². The number of aryl methyl sites for hydroxylation is 1. The van der Waals surface area contributed by atoms with Gasteiger partial charge in [-0.3, -0.25) is 19.6 Å². The largest absolute Gasteiger partial charge is 0.337 e. The summed E-state index contributed by atoms with van der Waals surface area (Å²) < 4.78 is 24.7. The van der Waals surface area contributed by atoms with Gasteiger partial charge in [-0.1, -0.05) is 6.92 Å². The Kier molecular flexibility index (Phi) is 5.26. The van der Waals surface area contributed by atoms with Gasteiger partial charge in [0, 0.05) is 12.6 Å². The lowest BCUT2D eigenvalue weighted by molar-refractivity contribution is -0.386. The lowest BCUT2D eigenvalue weighted by atomic mass is 10.2. The van der Waals surface area contributed by atoms with Gasteiger partial charge in [-0.2, -0.15) is 5.10 Å². The summed E-state index contributed by atoms with van der Waals surface area (Å²) in [6, 6.07) is -0.325. The van der Waals surface area contributed by atoms with E-state index in [1.165, 1.54) is 11.6 Å². The Morgan fingerprint density at radius 3 is 2.58 bits per heavy atom. The number of hydrogen-bond acceptors (Lipinski definition) is 6. The molecule has 134 valence electrons. The predicted octanol–water partition coefficient (Wildman–Crippen LogP) is 0.834. The smallest absolute Gasteiger partial charge is 0.312 e. The highest BCUT2D eigenvalue weighted by atomic mass is 32.2. The first-order valence-electron chi connectivity index (χ1n) is 7.84. The molecule has 0 aliphatic carbocycles. The summed E-state index contributed by atoms with van der Waals surface area (Å²) >= 11 is 0. The molecule has 0 radical (unpaired) electrons. The molecule has 0 saturated carbocycles. The van der Waals surface area contributed by atoms with Crippen LogP contribution in [0.2, 0.25) is 0 Å². The Balaban J connectivity index is 2.20. The van der Waals surface area contributed by atoms with Crippen LogP contribution in [0, 0.1) is 24.0 Å². The monoisotopic (exact) mass is 358 g/mol. The summed E-state index contributed by atoms with van der Waals surface area (Å²) in [6.45, 7) is 5.32. The number of nitro groups is 1. The topological polar surface area (TPSA) is 115 Å². The van der Waals surface area contributed by atoms with Crippen LogP contribution in [-0.2, 0) is 21.2 Å². The van der Waals surface area contributed by atoms with Crippen molar-refractivity contribution in [2.45, 2.75) is 46.2 Å². The SMILES string of the molecule is CCCN(C(=O)Cn1nc(C)c([N+](=O)[O-])c1C)[C@@H]1CCS(=O)(=O)C1. The van der Waals surface area contributed by atoms with E-state index < -0.39 is 14.8 Å². The number of aromatic nitrogens is 2. The summed E-state index contributed by atoms with van der Waals surface area (Å²) in [5, 5.41) is 15.1. The van der Waals surface area contributed by atoms with Crippen molar-refractivity contribution in [2.75, 3.05) is 18.1 Å². The van der Waals surface area contributed by atoms with Crippen molar-refractivity contribution in [1.82, 2.24) is 14.7 Å². The highest BCUT2D eigenvalue weighted by molar-refractivity contribution is 7.91. The van der Waals surface area contributed by atoms with E-state index in [1.54, 1.807) is 11.8 Å².